The molecule has 1 unspecified atom stereocenters. The molecule has 2 aliphatic heterocycles. The van der Waals surface area contributed by atoms with Gasteiger partial charge in [-0.25, -0.2) is 9.78 Å². The van der Waals surface area contributed by atoms with E-state index in [1.54, 1.807) is 0 Å². The number of nitrogens with zero attached hydrogens (tertiary/aromatic N) is 2. The van der Waals surface area contributed by atoms with Crippen molar-refractivity contribution in [1.29, 1.82) is 0 Å². The van der Waals surface area contributed by atoms with Crippen LogP contribution in [0.4, 0.5) is 16.3 Å². The molecule has 0 saturated carbocycles. The highest BCUT2D eigenvalue weighted by molar-refractivity contribution is 5.93. The van der Waals surface area contributed by atoms with Crippen molar-refractivity contribution in [3.05, 3.63) is 65.7 Å². The standard InChI is InChI=1S/C27H31N5O/c1-32-21-9-10-22(32)16-20(15-21)29-27(33)28-19-8-12-24-18(14-19)7-13-26(30-24)31-25-11-6-17-4-2-3-5-23(17)25/h2-5,7-8,12-14,20-22,25H,6,9-11,15-16H2,1H3,(H,30,31)(H2,28,29,33)/t20?,21-,22+,25-/m1/s1. The van der Waals surface area contributed by atoms with Gasteiger partial charge in [0.2, 0.25) is 0 Å². The van der Waals surface area contributed by atoms with E-state index in [1.165, 1.54) is 24.0 Å². The van der Waals surface area contributed by atoms with Crippen molar-refractivity contribution in [3.63, 3.8) is 0 Å². The Balaban J connectivity index is 1.10. The summed E-state index contributed by atoms with van der Waals surface area (Å²) in [5.41, 5.74) is 4.52. The SMILES string of the molecule is CN1[C@@H]2CC[C@H]1CC(NC(=O)Nc1ccc3nc(N[C@@H]4CCc5ccccc54)ccc3c1)C2. The number of aryl methyl sites for hydroxylation is 1. The fourth-order valence-electron chi connectivity index (χ4n) is 6.05. The Morgan fingerprint density at radius 2 is 1.82 bits per heavy atom. The molecule has 2 saturated heterocycles. The average Bonchev–Trinajstić information content (AvgIpc) is 3.29. The Labute approximate surface area is 194 Å². The van der Waals surface area contributed by atoms with Gasteiger partial charge in [-0.15, -0.1) is 0 Å². The van der Waals surface area contributed by atoms with E-state index < -0.39 is 0 Å². The fraction of sp³-hybridized carbons (Fsp3) is 0.407. The number of amides is 2. The molecule has 2 fully saturated rings. The van der Waals surface area contributed by atoms with Crippen LogP contribution in [0.1, 0.15) is 49.3 Å². The Morgan fingerprint density at radius 3 is 2.67 bits per heavy atom. The van der Waals surface area contributed by atoms with Crippen LogP contribution in [0.15, 0.2) is 54.6 Å². The zero-order valence-electron chi connectivity index (χ0n) is 19.1. The van der Waals surface area contributed by atoms with E-state index in [0.717, 1.165) is 48.1 Å². The number of aromatic nitrogens is 1. The summed E-state index contributed by atoms with van der Waals surface area (Å²) in [6.45, 7) is 0. The molecule has 4 atom stereocenters. The quantitative estimate of drug-likeness (QED) is 0.528. The van der Waals surface area contributed by atoms with Gasteiger partial charge in [0.05, 0.1) is 11.6 Å². The number of hydrogen-bond acceptors (Lipinski definition) is 4. The number of rotatable bonds is 4. The molecule has 3 aliphatic rings. The molecule has 0 radical (unpaired) electrons. The second-order valence-electron chi connectivity index (χ2n) is 9.86. The van der Waals surface area contributed by atoms with Crippen LogP contribution in [0.5, 0.6) is 0 Å². The Bertz CT molecular complexity index is 1180. The summed E-state index contributed by atoms with van der Waals surface area (Å²) >= 11 is 0. The van der Waals surface area contributed by atoms with E-state index in [1.807, 2.05) is 24.3 Å². The van der Waals surface area contributed by atoms with Gasteiger partial charge in [0.15, 0.2) is 0 Å². The molecule has 1 aliphatic carbocycles. The average molecular weight is 442 g/mol. The molecular weight excluding hydrogens is 410 g/mol. The lowest BCUT2D eigenvalue weighted by atomic mass is 9.98. The maximum Gasteiger partial charge on any atom is 0.319 e. The van der Waals surface area contributed by atoms with Crippen LogP contribution < -0.4 is 16.0 Å². The molecule has 0 spiro atoms. The van der Waals surface area contributed by atoms with Crippen LogP contribution in [0.25, 0.3) is 10.9 Å². The van der Waals surface area contributed by atoms with Crippen LogP contribution in [0.2, 0.25) is 0 Å². The van der Waals surface area contributed by atoms with Gasteiger partial charge in [-0.05, 0) is 87.0 Å². The summed E-state index contributed by atoms with van der Waals surface area (Å²) in [4.78, 5) is 19.9. The first-order chi connectivity index (χ1) is 16.1. The predicted molar refractivity (Wildman–Crippen MR) is 133 cm³/mol. The van der Waals surface area contributed by atoms with Crippen LogP contribution in [-0.4, -0.2) is 41.1 Å². The summed E-state index contributed by atoms with van der Waals surface area (Å²) in [5.74, 6) is 0.888. The molecule has 6 nitrogen and oxygen atoms in total. The second-order valence-corrected chi connectivity index (χ2v) is 9.86. The summed E-state index contributed by atoms with van der Waals surface area (Å²) in [7, 11) is 2.22. The number of benzene rings is 2. The van der Waals surface area contributed by atoms with E-state index in [9.17, 15) is 4.79 Å². The number of pyridine rings is 1. The first kappa shape index (κ1) is 20.5. The molecule has 2 bridgehead atoms. The Kier molecular flexibility index (Phi) is 5.18. The van der Waals surface area contributed by atoms with Gasteiger partial charge in [0.1, 0.15) is 5.82 Å². The van der Waals surface area contributed by atoms with Crippen molar-refractivity contribution in [2.75, 3.05) is 17.7 Å². The number of hydrogen-bond donors (Lipinski definition) is 3. The van der Waals surface area contributed by atoms with Crippen LogP contribution >= 0.6 is 0 Å². The van der Waals surface area contributed by atoms with Gasteiger partial charge in [0.25, 0.3) is 0 Å². The Hall–Kier alpha value is -3.12. The molecule has 3 N–H and O–H groups in total. The highest BCUT2D eigenvalue weighted by atomic mass is 16.2. The predicted octanol–water partition coefficient (Wildman–Crippen LogP) is 5.08. The van der Waals surface area contributed by atoms with Crippen molar-refractivity contribution in [1.82, 2.24) is 15.2 Å². The van der Waals surface area contributed by atoms with E-state index in [-0.39, 0.29) is 12.1 Å². The largest absolute Gasteiger partial charge is 0.363 e. The van der Waals surface area contributed by atoms with Crippen LogP contribution in [-0.2, 0) is 6.42 Å². The van der Waals surface area contributed by atoms with Crippen molar-refractivity contribution < 1.29 is 4.79 Å². The number of urea groups is 1. The molecule has 6 rings (SSSR count). The number of piperidine rings is 1. The molecule has 1 aromatic heterocycles. The number of anilines is 2. The minimum absolute atomic E-state index is 0.116. The summed E-state index contributed by atoms with van der Waals surface area (Å²) < 4.78 is 0. The summed E-state index contributed by atoms with van der Waals surface area (Å²) in [5, 5.41) is 10.8. The van der Waals surface area contributed by atoms with E-state index in [4.69, 9.17) is 4.98 Å². The molecule has 2 amide bonds. The lowest BCUT2D eigenvalue weighted by Gasteiger charge is -2.36. The number of carbonyl (C=O) groups is 1. The second kappa shape index (κ2) is 8.34. The van der Waals surface area contributed by atoms with E-state index >= 15 is 0 Å². The molecule has 33 heavy (non-hydrogen) atoms. The van der Waals surface area contributed by atoms with Gasteiger partial charge in [-0.2, -0.15) is 0 Å². The number of nitrogens with one attached hydrogen (secondary N) is 3. The van der Waals surface area contributed by atoms with Gasteiger partial charge in [0, 0.05) is 29.2 Å². The molecule has 6 heteroatoms. The van der Waals surface area contributed by atoms with Crippen molar-refractivity contribution in [2.24, 2.45) is 0 Å². The smallest absolute Gasteiger partial charge is 0.319 e. The van der Waals surface area contributed by atoms with E-state index in [2.05, 4.69) is 58.2 Å². The fourth-order valence-corrected chi connectivity index (χ4v) is 6.05. The minimum Gasteiger partial charge on any atom is -0.363 e. The maximum atomic E-state index is 12.6. The normalized spacial score (nSPS) is 26.2. The maximum absolute atomic E-state index is 12.6. The summed E-state index contributed by atoms with van der Waals surface area (Å²) in [6, 6.07) is 20.3. The van der Waals surface area contributed by atoms with Gasteiger partial charge < -0.3 is 20.9 Å². The zero-order valence-corrected chi connectivity index (χ0v) is 19.1. The minimum atomic E-state index is -0.116. The monoisotopic (exact) mass is 441 g/mol. The summed E-state index contributed by atoms with van der Waals surface area (Å²) in [6.07, 6.45) is 6.80. The van der Waals surface area contributed by atoms with Gasteiger partial charge in [-0.3, -0.25) is 0 Å². The van der Waals surface area contributed by atoms with Crippen LogP contribution in [0, 0.1) is 0 Å². The van der Waals surface area contributed by atoms with Crippen LogP contribution in [0.3, 0.4) is 0 Å². The highest BCUT2D eigenvalue weighted by Crippen LogP contribution is 2.35. The molecular formula is C27H31N5O. The van der Waals surface area contributed by atoms with Crippen molar-refractivity contribution in [3.8, 4) is 0 Å². The van der Waals surface area contributed by atoms with E-state index in [0.29, 0.717) is 18.1 Å². The molecule has 3 aromatic rings. The topological polar surface area (TPSA) is 69.3 Å². The lowest BCUT2D eigenvalue weighted by Crippen LogP contribution is -2.49. The Morgan fingerprint density at radius 1 is 1.00 bits per heavy atom. The first-order valence-corrected chi connectivity index (χ1v) is 12.2. The first-order valence-electron chi connectivity index (χ1n) is 12.2. The third kappa shape index (κ3) is 4.04. The molecule has 3 heterocycles. The molecule has 170 valence electrons. The number of carbonyl (C=O) groups excluding carboxylic acids is 1. The zero-order chi connectivity index (χ0) is 22.4. The van der Waals surface area contributed by atoms with Crippen molar-refractivity contribution >= 4 is 28.4 Å². The highest BCUT2D eigenvalue weighted by Gasteiger charge is 2.38. The third-order valence-electron chi connectivity index (χ3n) is 7.84. The van der Waals surface area contributed by atoms with Gasteiger partial charge in [-0.1, -0.05) is 24.3 Å². The third-order valence-corrected chi connectivity index (χ3v) is 7.84. The van der Waals surface area contributed by atoms with Crippen molar-refractivity contribution in [2.45, 2.75) is 62.7 Å². The van der Waals surface area contributed by atoms with Gasteiger partial charge >= 0.3 is 6.03 Å². The lowest BCUT2D eigenvalue weighted by molar-refractivity contribution is 0.151. The molecule has 2 aromatic carbocycles. The number of fused-ring (bicyclic) bond motifs is 4.